The van der Waals surface area contributed by atoms with Gasteiger partial charge in [0, 0.05) is 4.90 Å². The molecule has 0 unspecified atom stereocenters. The van der Waals surface area contributed by atoms with Crippen LogP contribution < -0.4 is 9.54 Å². The van der Waals surface area contributed by atoms with E-state index in [4.69, 9.17) is 9.47 Å². The number of hydrogen-bond acceptors (Lipinski definition) is 8. The minimum atomic E-state index is -3.88. The van der Waals surface area contributed by atoms with Crippen LogP contribution in [-0.4, -0.2) is 51.1 Å². The number of benzene rings is 2. The van der Waals surface area contributed by atoms with Crippen LogP contribution in [-0.2, 0) is 30.7 Å². The summed E-state index contributed by atoms with van der Waals surface area (Å²) in [7, 11) is -1.14. The standard InChI is InChI=1S/C20H20N2O6S3/c1-27-13-4-7-15(8-5-13)31(25,26)12-18(23)21-20-22(11-19(24)28-2)16-9-6-14(29-3)10-17(16)30-20/h4-10H,11-12H2,1-3H3. The van der Waals surface area contributed by atoms with Gasteiger partial charge in [-0.1, -0.05) is 11.3 Å². The lowest BCUT2D eigenvalue weighted by molar-refractivity contribution is -0.141. The first-order valence-electron chi connectivity index (χ1n) is 8.96. The fourth-order valence-corrected chi connectivity index (χ4v) is 5.49. The lowest BCUT2D eigenvalue weighted by Gasteiger charge is -2.05. The van der Waals surface area contributed by atoms with Gasteiger partial charge in [-0.15, -0.1) is 11.8 Å². The zero-order chi connectivity index (χ0) is 22.6. The van der Waals surface area contributed by atoms with Crippen molar-refractivity contribution in [3.63, 3.8) is 0 Å². The van der Waals surface area contributed by atoms with E-state index in [1.54, 1.807) is 16.3 Å². The predicted molar refractivity (Wildman–Crippen MR) is 119 cm³/mol. The maximum atomic E-state index is 12.6. The lowest BCUT2D eigenvalue weighted by Crippen LogP contribution is -2.24. The number of fused-ring (bicyclic) bond motifs is 1. The molecule has 0 atom stereocenters. The Hall–Kier alpha value is -2.63. The van der Waals surface area contributed by atoms with Gasteiger partial charge in [0.1, 0.15) is 18.0 Å². The van der Waals surface area contributed by atoms with E-state index in [0.717, 1.165) is 9.60 Å². The molecule has 2 aromatic carbocycles. The number of amides is 1. The van der Waals surface area contributed by atoms with Crippen molar-refractivity contribution in [3.05, 3.63) is 47.3 Å². The summed E-state index contributed by atoms with van der Waals surface area (Å²) in [4.78, 5) is 29.7. The largest absolute Gasteiger partial charge is 0.497 e. The molecule has 0 aliphatic carbocycles. The SMILES string of the molecule is COC(=O)Cn1c(=NC(=O)CS(=O)(=O)c2ccc(OC)cc2)sc2cc(SC)ccc21. The lowest BCUT2D eigenvalue weighted by atomic mass is 10.3. The Morgan fingerprint density at radius 2 is 1.84 bits per heavy atom. The molecule has 0 aliphatic heterocycles. The number of carbonyl (C=O) groups excluding carboxylic acids is 2. The molecule has 8 nitrogen and oxygen atoms in total. The van der Waals surface area contributed by atoms with Crippen LogP contribution in [0.3, 0.4) is 0 Å². The zero-order valence-electron chi connectivity index (χ0n) is 17.0. The van der Waals surface area contributed by atoms with Gasteiger partial charge in [0.15, 0.2) is 14.6 Å². The maximum Gasteiger partial charge on any atom is 0.325 e. The first-order valence-corrected chi connectivity index (χ1v) is 12.7. The summed E-state index contributed by atoms with van der Waals surface area (Å²) in [6.07, 6.45) is 1.94. The normalized spacial score (nSPS) is 12.2. The van der Waals surface area contributed by atoms with Crippen molar-refractivity contribution in [2.24, 2.45) is 4.99 Å². The molecule has 1 amide bonds. The molecule has 1 aromatic heterocycles. The predicted octanol–water partition coefficient (Wildman–Crippen LogP) is 2.51. The average molecular weight is 481 g/mol. The van der Waals surface area contributed by atoms with Crippen LogP contribution in [0.4, 0.5) is 0 Å². The third-order valence-electron chi connectivity index (χ3n) is 4.36. The second-order valence-corrected chi connectivity index (χ2v) is 10.2. The number of nitrogens with zero attached hydrogens (tertiary/aromatic N) is 2. The number of methoxy groups -OCH3 is 2. The van der Waals surface area contributed by atoms with Gasteiger partial charge in [0.05, 0.1) is 29.3 Å². The summed E-state index contributed by atoms with van der Waals surface area (Å²) in [5.41, 5.74) is 0.706. The minimum absolute atomic E-state index is 0.000223. The second kappa shape index (κ2) is 9.67. The molecule has 0 saturated carbocycles. The molecule has 0 saturated heterocycles. The molecule has 0 radical (unpaired) electrons. The van der Waals surface area contributed by atoms with Crippen molar-refractivity contribution in [2.45, 2.75) is 16.3 Å². The van der Waals surface area contributed by atoms with Gasteiger partial charge in [-0.25, -0.2) is 8.42 Å². The highest BCUT2D eigenvalue weighted by molar-refractivity contribution is 7.98. The number of ether oxygens (including phenoxy) is 2. The molecular formula is C20H20N2O6S3. The van der Waals surface area contributed by atoms with Crippen LogP contribution in [0.25, 0.3) is 10.2 Å². The highest BCUT2D eigenvalue weighted by atomic mass is 32.2. The van der Waals surface area contributed by atoms with E-state index >= 15 is 0 Å². The summed E-state index contributed by atoms with van der Waals surface area (Å²) in [6.45, 7) is -0.146. The Labute approximate surface area is 187 Å². The zero-order valence-corrected chi connectivity index (χ0v) is 19.5. The number of hydrogen-bond donors (Lipinski definition) is 0. The van der Waals surface area contributed by atoms with Gasteiger partial charge < -0.3 is 14.0 Å². The van der Waals surface area contributed by atoms with E-state index in [1.807, 2.05) is 24.5 Å². The Kier molecular flexibility index (Phi) is 7.19. The second-order valence-electron chi connectivity index (χ2n) is 6.32. The molecule has 0 bridgehead atoms. The van der Waals surface area contributed by atoms with Crippen LogP contribution in [0.5, 0.6) is 5.75 Å². The van der Waals surface area contributed by atoms with Gasteiger partial charge in [-0.2, -0.15) is 4.99 Å². The molecule has 1 heterocycles. The summed E-state index contributed by atoms with van der Waals surface area (Å²) in [6, 6.07) is 11.4. The number of esters is 1. The van der Waals surface area contributed by atoms with E-state index in [1.165, 1.54) is 49.8 Å². The number of thioether (sulfide) groups is 1. The molecule has 3 rings (SSSR count). The monoisotopic (exact) mass is 480 g/mol. The third kappa shape index (κ3) is 5.35. The number of sulfone groups is 1. The Bertz CT molecular complexity index is 1290. The molecule has 0 fully saturated rings. The van der Waals surface area contributed by atoms with Gasteiger partial charge >= 0.3 is 5.97 Å². The summed E-state index contributed by atoms with van der Waals surface area (Å²) < 4.78 is 37.3. The van der Waals surface area contributed by atoms with Gasteiger partial charge in [-0.05, 0) is 48.7 Å². The molecule has 0 spiro atoms. The Morgan fingerprint density at radius 1 is 1.13 bits per heavy atom. The molecule has 11 heteroatoms. The maximum absolute atomic E-state index is 12.6. The quantitative estimate of drug-likeness (QED) is 0.378. The van der Waals surface area contributed by atoms with Crippen LogP contribution in [0, 0.1) is 0 Å². The van der Waals surface area contributed by atoms with Crippen molar-refractivity contribution < 1.29 is 27.5 Å². The fourth-order valence-electron chi connectivity index (χ4n) is 2.78. The highest BCUT2D eigenvalue weighted by Gasteiger charge is 2.20. The molecule has 31 heavy (non-hydrogen) atoms. The van der Waals surface area contributed by atoms with E-state index in [-0.39, 0.29) is 16.2 Å². The Morgan fingerprint density at radius 3 is 2.45 bits per heavy atom. The number of aromatic nitrogens is 1. The van der Waals surface area contributed by atoms with E-state index in [0.29, 0.717) is 11.3 Å². The van der Waals surface area contributed by atoms with Crippen molar-refractivity contribution in [2.75, 3.05) is 26.2 Å². The van der Waals surface area contributed by atoms with Crippen LogP contribution in [0.1, 0.15) is 0 Å². The van der Waals surface area contributed by atoms with E-state index in [2.05, 4.69) is 4.99 Å². The van der Waals surface area contributed by atoms with Gasteiger partial charge in [-0.3, -0.25) is 9.59 Å². The Balaban J connectivity index is 1.98. The van der Waals surface area contributed by atoms with Gasteiger partial charge in [0.25, 0.3) is 5.91 Å². The first-order chi connectivity index (χ1) is 14.8. The topological polar surface area (TPSA) is 104 Å². The van der Waals surface area contributed by atoms with Crippen LogP contribution in [0.15, 0.2) is 57.2 Å². The number of thiazole rings is 1. The fraction of sp³-hybridized carbons (Fsp3) is 0.250. The third-order valence-corrected chi connectivity index (χ3v) is 7.74. The van der Waals surface area contributed by atoms with Crippen molar-refractivity contribution in [3.8, 4) is 5.75 Å². The van der Waals surface area contributed by atoms with Gasteiger partial charge in [0.2, 0.25) is 0 Å². The summed E-state index contributed by atoms with van der Waals surface area (Å²) >= 11 is 2.76. The average Bonchev–Trinajstić information content (AvgIpc) is 3.08. The molecule has 0 N–H and O–H groups in total. The highest BCUT2D eigenvalue weighted by Crippen LogP contribution is 2.24. The molecule has 3 aromatic rings. The van der Waals surface area contributed by atoms with Crippen LogP contribution >= 0.6 is 23.1 Å². The van der Waals surface area contributed by atoms with E-state index < -0.39 is 27.5 Å². The number of rotatable bonds is 7. The van der Waals surface area contributed by atoms with E-state index in [9.17, 15) is 18.0 Å². The molecule has 0 aliphatic rings. The van der Waals surface area contributed by atoms with Crippen molar-refractivity contribution in [1.82, 2.24) is 4.57 Å². The van der Waals surface area contributed by atoms with Crippen molar-refractivity contribution >= 4 is 55.0 Å². The smallest absolute Gasteiger partial charge is 0.325 e. The number of carbonyl (C=O) groups is 2. The summed E-state index contributed by atoms with van der Waals surface area (Å²) in [5, 5.41) is 0. The van der Waals surface area contributed by atoms with Crippen LogP contribution in [0.2, 0.25) is 0 Å². The minimum Gasteiger partial charge on any atom is -0.497 e. The summed E-state index contributed by atoms with van der Waals surface area (Å²) in [5.74, 6) is -1.62. The first kappa shape index (κ1) is 23.0. The molecule has 164 valence electrons. The molecular weight excluding hydrogens is 460 g/mol. The van der Waals surface area contributed by atoms with Crippen molar-refractivity contribution in [1.29, 1.82) is 0 Å².